The molecular weight excluding hydrogens is 419 g/mol. The summed E-state index contributed by atoms with van der Waals surface area (Å²) in [6.07, 6.45) is -0.00676. The van der Waals surface area contributed by atoms with E-state index >= 15 is 0 Å². The highest BCUT2D eigenvalue weighted by molar-refractivity contribution is 6.03. The van der Waals surface area contributed by atoms with E-state index in [-0.39, 0.29) is 5.91 Å². The number of pyridine rings is 1. The van der Waals surface area contributed by atoms with Crippen LogP contribution in [0.3, 0.4) is 0 Å². The van der Waals surface area contributed by atoms with Crippen molar-refractivity contribution in [2.24, 2.45) is 0 Å². The van der Waals surface area contributed by atoms with Gasteiger partial charge in [-0.25, -0.2) is 9.37 Å². The van der Waals surface area contributed by atoms with E-state index in [1.807, 2.05) is 37.3 Å². The molecule has 2 aliphatic rings. The smallest absolute Gasteiger partial charge is 0.254 e. The predicted octanol–water partition coefficient (Wildman–Crippen LogP) is 4.20. The maximum atomic E-state index is 13.6. The van der Waals surface area contributed by atoms with Crippen molar-refractivity contribution in [3.8, 4) is 11.1 Å². The number of hydrogen-bond donors (Lipinski definition) is 1. The molecule has 2 aliphatic heterocycles. The van der Waals surface area contributed by atoms with E-state index < -0.39 is 6.17 Å². The number of morpholine rings is 1. The second kappa shape index (κ2) is 8.98. The third kappa shape index (κ3) is 4.25. The Morgan fingerprint density at radius 1 is 1.09 bits per heavy atom. The summed E-state index contributed by atoms with van der Waals surface area (Å²) in [6, 6.07) is 13.9. The number of aromatic nitrogens is 1. The van der Waals surface area contributed by atoms with Crippen LogP contribution >= 0.6 is 0 Å². The zero-order valence-electron chi connectivity index (χ0n) is 18.9. The number of fused-ring (bicyclic) bond motifs is 1. The van der Waals surface area contributed by atoms with E-state index in [4.69, 9.17) is 10.5 Å². The van der Waals surface area contributed by atoms with Crippen LogP contribution in [0.25, 0.3) is 22.0 Å². The fraction of sp³-hybridized carbons (Fsp3) is 0.385. The molecule has 33 heavy (non-hydrogen) atoms. The zero-order valence-corrected chi connectivity index (χ0v) is 18.9. The van der Waals surface area contributed by atoms with Crippen LogP contribution in [0.2, 0.25) is 0 Å². The molecule has 0 unspecified atom stereocenters. The SMILES string of the molecule is Cc1cccc(C(=O)N2CCC(F)CC2)c1-c1ccc2nc(N)c(N3CCOCC3)cc2c1. The first-order valence-electron chi connectivity index (χ1n) is 11.6. The van der Waals surface area contributed by atoms with Crippen LogP contribution < -0.4 is 10.6 Å². The summed E-state index contributed by atoms with van der Waals surface area (Å²) in [4.78, 5) is 22.0. The molecule has 0 atom stereocenters. The molecule has 2 saturated heterocycles. The number of nitrogens with two attached hydrogens (primary N) is 1. The molecule has 0 spiro atoms. The highest BCUT2D eigenvalue weighted by Gasteiger charge is 2.26. The molecule has 0 radical (unpaired) electrons. The Morgan fingerprint density at radius 3 is 2.61 bits per heavy atom. The molecule has 6 nitrogen and oxygen atoms in total. The summed E-state index contributed by atoms with van der Waals surface area (Å²) in [7, 11) is 0. The second-order valence-electron chi connectivity index (χ2n) is 8.86. The summed E-state index contributed by atoms with van der Waals surface area (Å²) < 4.78 is 19.1. The Balaban J connectivity index is 1.55. The molecule has 2 N–H and O–H groups in total. The number of benzene rings is 2. The van der Waals surface area contributed by atoms with E-state index in [0.29, 0.717) is 50.5 Å². The fourth-order valence-electron chi connectivity index (χ4n) is 4.84. The molecule has 2 aromatic carbocycles. The standard InChI is InChI=1S/C26H29FN4O2/c1-17-3-2-4-21(26(32)31-9-7-20(27)8-10-31)24(17)18-5-6-22-19(15-18)16-23(25(28)29-22)30-11-13-33-14-12-30/h2-6,15-16,20H,7-14H2,1H3,(H2,28,29). The van der Waals surface area contributed by atoms with Crippen molar-refractivity contribution in [3.63, 3.8) is 0 Å². The third-order valence-electron chi connectivity index (χ3n) is 6.68. The predicted molar refractivity (Wildman–Crippen MR) is 129 cm³/mol. The quantitative estimate of drug-likeness (QED) is 0.650. The maximum absolute atomic E-state index is 13.6. The highest BCUT2D eigenvalue weighted by Crippen LogP contribution is 2.34. The van der Waals surface area contributed by atoms with Crippen LogP contribution in [0, 0.1) is 6.92 Å². The number of piperidine rings is 1. The topological polar surface area (TPSA) is 71.7 Å². The van der Waals surface area contributed by atoms with E-state index in [0.717, 1.165) is 46.4 Å². The molecule has 0 bridgehead atoms. The van der Waals surface area contributed by atoms with Crippen molar-refractivity contribution in [2.45, 2.75) is 25.9 Å². The highest BCUT2D eigenvalue weighted by atomic mass is 19.1. The number of anilines is 2. The monoisotopic (exact) mass is 448 g/mol. The van der Waals surface area contributed by atoms with E-state index in [2.05, 4.69) is 22.0 Å². The molecule has 7 heteroatoms. The van der Waals surface area contributed by atoms with Gasteiger partial charge < -0.3 is 20.3 Å². The Hall–Kier alpha value is -3.19. The lowest BCUT2D eigenvalue weighted by Gasteiger charge is -2.30. The molecule has 2 fully saturated rings. The number of nitrogen functional groups attached to an aromatic ring is 1. The lowest BCUT2D eigenvalue weighted by Crippen LogP contribution is -2.39. The van der Waals surface area contributed by atoms with Gasteiger partial charge in [0.05, 0.1) is 24.4 Å². The Bertz CT molecular complexity index is 1180. The van der Waals surface area contributed by atoms with Gasteiger partial charge in [0, 0.05) is 37.1 Å². The van der Waals surface area contributed by atoms with Crippen molar-refractivity contribution in [1.82, 2.24) is 9.88 Å². The lowest BCUT2D eigenvalue weighted by molar-refractivity contribution is 0.0667. The van der Waals surface area contributed by atoms with E-state index in [9.17, 15) is 9.18 Å². The first-order valence-corrected chi connectivity index (χ1v) is 11.6. The number of hydrogen-bond acceptors (Lipinski definition) is 5. The number of rotatable bonds is 3. The van der Waals surface area contributed by atoms with Gasteiger partial charge in [0.1, 0.15) is 12.0 Å². The lowest BCUT2D eigenvalue weighted by atomic mass is 9.93. The van der Waals surface area contributed by atoms with E-state index in [1.54, 1.807) is 4.90 Å². The van der Waals surface area contributed by atoms with Gasteiger partial charge in [-0.3, -0.25) is 4.79 Å². The van der Waals surface area contributed by atoms with Crippen LogP contribution in [-0.4, -0.2) is 61.4 Å². The van der Waals surface area contributed by atoms with Gasteiger partial charge in [-0.15, -0.1) is 0 Å². The van der Waals surface area contributed by atoms with Crippen LogP contribution in [0.4, 0.5) is 15.9 Å². The molecule has 0 saturated carbocycles. The molecule has 5 rings (SSSR count). The van der Waals surface area contributed by atoms with Crippen molar-refractivity contribution in [1.29, 1.82) is 0 Å². The van der Waals surface area contributed by atoms with Crippen molar-refractivity contribution < 1.29 is 13.9 Å². The molecule has 3 heterocycles. The van der Waals surface area contributed by atoms with Gasteiger partial charge in [-0.2, -0.15) is 0 Å². The van der Waals surface area contributed by atoms with Crippen LogP contribution in [0.15, 0.2) is 42.5 Å². The summed E-state index contributed by atoms with van der Waals surface area (Å²) in [5.74, 6) is 0.477. The van der Waals surface area contributed by atoms with E-state index in [1.165, 1.54) is 0 Å². The summed E-state index contributed by atoms with van der Waals surface area (Å²) in [6.45, 7) is 5.84. The third-order valence-corrected chi connectivity index (χ3v) is 6.68. The van der Waals surface area contributed by atoms with Gasteiger partial charge in [0.25, 0.3) is 5.91 Å². The summed E-state index contributed by atoms with van der Waals surface area (Å²) in [5, 5.41) is 0.975. The minimum Gasteiger partial charge on any atom is -0.382 e. The zero-order chi connectivity index (χ0) is 22.9. The van der Waals surface area contributed by atoms with Crippen LogP contribution in [-0.2, 0) is 4.74 Å². The second-order valence-corrected chi connectivity index (χ2v) is 8.86. The molecular formula is C26H29FN4O2. The Labute approximate surface area is 193 Å². The van der Waals surface area contributed by atoms with Gasteiger partial charge >= 0.3 is 0 Å². The summed E-state index contributed by atoms with van der Waals surface area (Å²) in [5.41, 5.74) is 11.6. The number of alkyl halides is 1. The largest absolute Gasteiger partial charge is 0.382 e. The minimum atomic E-state index is -0.813. The van der Waals surface area contributed by atoms with Gasteiger partial charge in [-0.1, -0.05) is 18.2 Å². The van der Waals surface area contributed by atoms with Gasteiger partial charge in [0.15, 0.2) is 0 Å². The molecule has 0 aliphatic carbocycles. The minimum absolute atomic E-state index is 0.0369. The number of ether oxygens (including phenoxy) is 1. The molecule has 1 amide bonds. The van der Waals surface area contributed by atoms with Crippen molar-refractivity contribution >= 4 is 28.3 Å². The number of nitrogens with zero attached hydrogens (tertiary/aromatic N) is 3. The Kier molecular flexibility index (Phi) is 5.89. The number of carbonyl (C=O) groups excluding carboxylic acids is 1. The van der Waals surface area contributed by atoms with Crippen LogP contribution in [0.1, 0.15) is 28.8 Å². The fourth-order valence-corrected chi connectivity index (χ4v) is 4.84. The maximum Gasteiger partial charge on any atom is 0.254 e. The van der Waals surface area contributed by atoms with Crippen molar-refractivity contribution in [3.05, 3.63) is 53.6 Å². The first-order chi connectivity index (χ1) is 16.0. The van der Waals surface area contributed by atoms with Crippen molar-refractivity contribution in [2.75, 3.05) is 50.0 Å². The number of likely N-dealkylation sites (tertiary alicyclic amines) is 1. The first kappa shape index (κ1) is 21.6. The van der Waals surface area contributed by atoms with Gasteiger partial charge in [-0.05, 0) is 60.7 Å². The molecule has 172 valence electrons. The number of halogens is 1. The number of carbonyl (C=O) groups is 1. The molecule has 3 aromatic rings. The average Bonchev–Trinajstić information content (AvgIpc) is 2.84. The normalized spacial score (nSPS) is 17.5. The van der Waals surface area contributed by atoms with Gasteiger partial charge in [0.2, 0.25) is 0 Å². The average molecular weight is 449 g/mol. The summed E-state index contributed by atoms with van der Waals surface area (Å²) >= 11 is 0. The Morgan fingerprint density at radius 2 is 1.85 bits per heavy atom. The van der Waals surface area contributed by atoms with Crippen LogP contribution in [0.5, 0.6) is 0 Å². The molecule has 1 aromatic heterocycles. The number of amides is 1. The number of aryl methyl sites for hydroxylation is 1.